The third-order valence-corrected chi connectivity index (χ3v) is 3.50. The molecule has 102 valence electrons. The van der Waals surface area contributed by atoms with Crippen molar-refractivity contribution in [2.24, 2.45) is 0 Å². The van der Waals surface area contributed by atoms with E-state index in [0.717, 1.165) is 5.69 Å². The first-order valence-electron chi connectivity index (χ1n) is 6.44. The van der Waals surface area contributed by atoms with Gasteiger partial charge in [-0.2, -0.15) is 15.5 Å². The smallest absolute Gasteiger partial charge is 0.247 e. The molecule has 0 saturated carbocycles. The van der Waals surface area contributed by atoms with Crippen LogP contribution in [-0.4, -0.2) is 36.9 Å². The van der Waals surface area contributed by atoms with Gasteiger partial charge in [-0.1, -0.05) is 0 Å². The van der Waals surface area contributed by atoms with Gasteiger partial charge < -0.3 is 4.90 Å². The summed E-state index contributed by atoms with van der Waals surface area (Å²) in [7, 11) is 0. The van der Waals surface area contributed by atoms with E-state index >= 15 is 0 Å². The SMILES string of the molecule is CC(C(=O)N1CCn2nc(C#N)cc2C1)n1cccn1. The van der Waals surface area contributed by atoms with Gasteiger partial charge in [0.15, 0.2) is 5.69 Å². The van der Waals surface area contributed by atoms with Crippen LogP contribution in [0.15, 0.2) is 24.5 Å². The third kappa shape index (κ3) is 2.05. The Morgan fingerprint density at radius 2 is 2.35 bits per heavy atom. The van der Waals surface area contributed by atoms with Crippen LogP contribution in [0.2, 0.25) is 0 Å². The molecule has 1 unspecified atom stereocenters. The van der Waals surface area contributed by atoms with Gasteiger partial charge in [0.2, 0.25) is 5.91 Å². The van der Waals surface area contributed by atoms with Gasteiger partial charge in [0.25, 0.3) is 0 Å². The first-order chi connectivity index (χ1) is 9.69. The van der Waals surface area contributed by atoms with Crippen molar-refractivity contribution in [2.75, 3.05) is 6.54 Å². The minimum atomic E-state index is -0.324. The fraction of sp³-hybridized carbons (Fsp3) is 0.385. The molecule has 0 bridgehead atoms. The molecule has 1 aliphatic heterocycles. The van der Waals surface area contributed by atoms with Gasteiger partial charge in [0.1, 0.15) is 12.1 Å². The number of nitrogens with zero attached hydrogens (tertiary/aromatic N) is 6. The zero-order valence-electron chi connectivity index (χ0n) is 11.1. The fourth-order valence-electron chi connectivity index (χ4n) is 2.40. The summed E-state index contributed by atoms with van der Waals surface area (Å²) >= 11 is 0. The van der Waals surface area contributed by atoms with E-state index in [2.05, 4.69) is 10.2 Å². The highest BCUT2D eigenvalue weighted by molar-refractivity contribution is 5.80. The predicted octanol–water partition coefficient (Wildman–Crippen LogP) is 0.555. The highest BCUT2D eigenvalue weighted by Crippen LogP contribution is 2.17. The van der Waals surface area contributed by atoms with Crippen LogP contribution in [0.1, 0.15) is 24.4 Å². The van der Waals surface area contributed by atoms with Gasteiger partial charge in [0.05, 0.1) is 18.8 Å². The van der Waals surface area contributed by atoms with E-state index in [1.807, 2.05) is 13.0 Å². The minimum Gasteiger partial charge on any atom is -0.333 e. The highest BCUT2D eigenvalue weighted by atomic mass is 16.2. The number of nitriles is 1. The van der Waals surface area contributed by atoms with Crippen molar-refractivity contribution in [3.8, 4) is 6.07 Å². The monoisotopic (exact) mass is 270 g/mol. The Balaban J connectivity index is 1.76. The second-order valence-corrected chi connectivity index (χ2v) is 4.78. The quantitative estimate of drug-likeness (QED) is 0.798. The predicted molar refractivity (Wildman–Crippen MR) is 69.3 cm³/mol. The molecule has 7 nitrogen and oxygen atoms in total. The number of carbonyl (C=O) groups is 1. The van der Waals surface area contributed by atoms with Crippen LogP contribution in [0.25, 0.3) is 0 Å². The maximum atomic E-state index is 12.5. The molecule has 0 radical (unpaired) electrons. The lowest BCUT2D eigenvalue weighted by molar-refractivity contribution is -0.136. The molecule has 0 aromatic carbocycles. The zero-order chi connectivity index (χ0) is 14.1. The molecule has 3 rings (SSSR count). The van der Waals surface area contributed by atoms with Crippen molar-refractivity contribution in [1.29, 1.82) is 5.26 Å². The maximum Gasteiger partial charge on any atom is 0.247 e. The Kier molecular flexibility index (Phi) is 2.99. The summed E-state index contributed by atoms with van der Waals surface area (Å²) < 4.78 is 3.44. The molecule has 0 spiro atoms. The van der Waals surface area contributed by atoms with Gasteiger partial charge in [0, 0.05) is 18.9 Å². The van der Waals surface area contributed by atoms with Gasteiger partial charge in [-0.15, -0.1) is 0 Å². The molecule has 0 saturated heterocycles. The number of fused-ring (bicyclic) bond motifs is 1. The molecule has 0 fully saturated rings. The van der Waals surface area contributed by atoms with Crippen LogP contribution >= 0.6 is 0 Å². The van der Waals surface area contributed by atoms with E-state index in [1.54, 1.807) is 38.8 Å². The van der Waals surface area contributed by atoms with Crippen molar-refractivity contribution in [2.45, 2.75) is 26.1 Å². The van der Waals surface area contributed by atoms with Gasteiger partial charge in [-0.25, -0.2) is 0 Å². The second kappa shape index (κ2) is 4.81. The third-order valence-electron chi connectivity index (χ3n) is 3.50. The molecule has 0 aliphatic carbocycles. The lowest BCUT2D eigenvalue weighted by Crippen LogP contribution is -2.41. The Morgan fingerprint density at radius 3 is 3.05 bits per heavy atom. The largest absolute Gasteiger partial charge is 0.333 e. The standard InChI is InChI=1S/C13H14N6O/c1-10(18-4-2-3-15-18)13(20)17-5-6-19-12(9-17)7-11(8-14)16-19/h2-4,7,10H,5-6,9H2,1H3. The molecular formula is C13H14N6O. The summed E-state index contributed by atoms with van der Waals surface area (Å²) in [6.07, 6.45) is 3.44. The van der Waals surface area contributed by atoms with E-state index in [1.165, 1.54) is 0 Å². The highest BCUT2D eigenvalue weighted by Gasteiger charge is 2.26. The topological polar surface area (TPSA) is 79.7 Å². The van der Waals surface area contributed by atoms with E-state index in [9.17, 15) is 4.79 Å². The molecule has 3 heterocycles. The van der Waals surface area contributed by atoms with Crippen molar-refractivity contribution in [3.63, 3.8) is 0 Å². The van der Waals surface area contributed by atoms with Crippen molar-refractivity contribution in [3.05, 3.63) is 35.9 Å². The summed E-state index contributed by atoms with van der Waals surface area (Å²) in [6, 6.07) is 5.23. The van der Waals surface area contributed by atoms with E-state index < -0.39 is 0 Å². The lowest BCUT2D eigenvalue weighted by Gasteiger charge is -2.29. The first-order valence-corrected chi connectivity index (χ1v) is 6.44. The van der Waals surface area contributed by atoms with E-state index in [0.29, 0.717) is 25.3 Å². The number of hydrogen-bond donors (Lipinski definition) is 0. The fourth-order valence-corrected chi connectivity index (χ4v) is 2.40. The summed E-state index contributed by atoms with van der Waals surface area (Å²) in [4.78, 5) is 14.2. The summed E-state index contributed by atoms with van der Waals surface area (Å²) in [5.74, 6) is 0.0275. The molecule has 2 aromatic heterocycles. The molecular weight excluding hydrogens is 256 g/mol. The molecule has 1 aliphatic rings. The average molecular weight is 270 g/mol. The number of amides is 1. The van der Waals surface area contributed by atoms with E-state index in [-0.39, 0.29) is 11.9 Å². The zero-order valence-corrected chi connectivity index (χ0v) is 11.1. The van der Waals surface area contributed by atoms with Gasteiger partial charge in [-0.05, 0) is 19.1 Å². The van der Waals surface area contributed by atoms with E-state index in [4.69, 9.17) is 5.26 Å². The molecule has 0 N–H and O–H groups in total. The van der Waals surface area contributed by atoms with Crippen molar-refractivity contribution in [1.82, 2.24) is 24.5 Å². The van der Waals surface area contributed by atoms with Gasteiger partial charge >= 0.3 is 0 Å². The normalized spacial score (nSPS) is 15.5. The maximum absolute atomic E-state index is 12.5. The lowest BCUT2D eigenvalue weighted by atomic mass is 10.2. The number of aromatic nitrogens is 4. The second-order valence-electron chi connectivity index (χ2n) is 4.78. The number of carbonyl (C=O) groups excluding carboxylic acids is 1. The summed E-state index contributed by atoms with van der Waals surface area (Å²) in [5.41, 5.74) is 1.29. The van der Waals surface area contributed by atoms with Crippen LogP contribution in [-0.2, 0) is 17.9 Å². The van der Waals surface area contributed by atoms with Crippen LogP contribution < -0.4 is 0 Å². The van der Waals surface area contributed by atoms with Crippen LogP contribution in [0.3, 0.4) is 0 Å². The molecule has 7 heteroatoms. The molecule has 1 atom stereocenters. The summed E-state index contributed by atoms with van der Waals surface area (Å²) in [5, 5.41) is 17.1. The van der Waals surface area contributed by atoms with Crippen LogP contribution in [0.5, 0.6) is 0 Å². The molecule has 2 aromatic rings. The number of hydrogen-bond acceptors (Lipinski definition) is 4. The summed E-state index contributed by atoms with van der Waals surface area (Å²) in [6.45, 7) is 3.54. The molecule has 1 amide bonds. The van der Waals surface area contributed by atoms with Crippen LogP contribution in [0, 0.1) is 11.3 Å². The Hall–Kier alpha value is -2.62. The van der Waals surface area contributed by atoms with Crippen molar-refractivity contribution < 1.29 is 4.79 Å². The Bertz CT molecular complexity index is 666. The van der Waals surface area contributed by atoms with Gasteiger partial charge in [-0.3, -0.25) is 14.2 Å². The minimum absolute atomic E-state index is 0.0275. The average Bonchev–Trinajstić information content (AvgIpc) is 3.13. The molecule has 20 heavy (non-hydrogen) atoms. The number of rotatable bonds is 2. The van der Waals surface area contributed by atoms with Crippen molar-refractivity contribution >= 4 is 5.91 Å². The Morgan fingerprint density at radius 1 is 1.50 bits per heavy atom. The first kappa shape index (κ1) is 12.4. The van der Waals surface area contributed by atoms with Crippen LogP contribution in [0.4, 0.5) is 0 Å². The Labute approximate surface area is 116 Å².